The van der Waals surface area contributed by atoms with Gasteiger partial charge in [-0.1, -0.05) is 13.0 Å². The number of aryl methyl sites for hydroxylation is 2. The molecule has 0 bridgehead atoms. The lowest BCUT2D eigenvalue weighted by molar-refractivity contribution is 0.436. The van der Waals surface area contributed by atoms with E-state index in [1.54, 1.807) is 10.7 Å². The molecular weight excluding hydrogens is 364 g/mol. The van der Waals surface area contributed by atoms with Crippen LogP contribution in [-0.2, 0) is 13.5 Å². The highest BCUT2D eigenvalue weighted by atomic mass is 16.3. The number of aromatic hydroxyl groups is 1. The van der Waals surface area contributed by atoms with Crippen LogP contribution in [0.25, 0.3) is 33.4 Å². The third-order valence-electron chi connectivity index (χ3n) is 5.47. The summed E-state index contributed by atoms with van der Waals surface area (Å²) in [6.07, 6.45) is 2.78. The Labute approximate surface area is 168 Å². The Balaban J connectivity index is 1.50. The van der Waals surface area contributed by atoms with E-state index in [9.17, 15) is 5.11 Å². The molecule has 29 heavy (non-hydrogen) atoms. The molecule has 1 fully saturated rings. The Bertz CT molecular complexity index is 1190. The van der Waals surface area contributed by atoms with Crippen LogP contribution in [0.1, 0.15) is 24.2 Å². The second-order valence-electron chi connectivity index (χ2n) is 7.48. The van der Waals surface area contributed by atoms with Crippen molar-refractivity contribution in [2.24, 2.45) is 7.05 Å². The first kappa shape index (κ1) is 17.8. The summed E-state index contributed by atoms with van der Waals surface area (Å²) in [5.41, 5.74) is 5.88. The molecule has 0 amide bonds. The van der Waals surface area contributed by atoms with E-state index in [0.29, 0.717) is 17.2 Å². The molecule has 3 aromatic heterocycles. The lowest BCUT2D eigenvalue weighted by Crippen LogP contribution is -2.40. The molecule has 5 rings (SSSR count). The van der Waals surface area contributed by atoms with Crippen LogP contribution < -0.4 is 5.32 Å². The van der Waals surface area contributed by atoms with Gasteiger partial charge in [0.1, 0.15) is 11.3 Å². The smallest absolute Gasteiger partial charge is 0.125 e. The van der Waals surface area contributed by atoms with Gasteiger partial charge in [-0.15, -0.1) is 0 Å². The average Bonchev–Trinajstić information content (AvgIpc) is 3.06. The van der Waals surface area contributed by atoms with Crippen LogP contribution >= 0.6 is 0 Å². The molecule has 0 aliphatic carbocycles. The van der Waals surface area contributed by atoms with Crippen molar-refractivity contribution in [3.63, 3.8) is 0 Å². The fraction of sp³-hybridized carbons (Fsp3) is 0.273. The maximum atomic E-state index is 10.7. The van der Waals surface area contributed by atoms with Gasteiger partial charge >= 0.3 is 0 Å². The molecule has 0 unspecified atom stereocenters. The highest BCUT2D eigenvalue weighted by Gasteiger charge is 2.21. The van der Waals surface area contributed by atoms with Gasteiger partial charge in [-0.25, -0.2) is 0 Å². The van der Waals surface area contributed by atoms with Crippen molar-refractivity contribution in [1.82, 2.24) is 30.3 Å². The van der Waals surface area contributed by atoms with E-state index in [-0.39, 0.29) is 5.75 Å². The van der Waals surface area contributed by atoms with E-state index in [4.69, 9.17) is 4.98 Å². The fourth-order valence-electron chi connectivity index (χ4n) is 3.72. The molecule has 7 heteroatoms. The van der Waals surface area contributed by atoms with E-state index in [0.717, 1.165) is 53.1 Å². The van der Waals surface area contributed by atoms with Gasteiger partial charge in [0.25, 0.3) is 0 Å². The number of fused-ring (bicyclic) bond motifs is 1. The molecule has 0 saturated carbocycles. The summed E-state index contributed by atoms with van der Waals surface area (Å²) in [5, 5.41) is 28.1. The number of pyridine rings is 1. The second-order valence-corrected chi connectivity index (χ2v) is 7.48. The van der Waals surface area contributed by atoms with E-state index in [1.165, 1.54) is 0 Å². The Morgan fingerprint density at radius 2 is 1.97 bits per heavy atom. The highest BCUT2D eigenvalue weighted by Crippen LogP contribution is 2.33. The van der Waals surface area contributed by atoms with Crippen LogP contribution in [0.5, 0.6) is 5.75 Å². The van der Waals surface area contributed by atoms with Crippen molar-refractivity contribution >= 4 is 10.9 Å². The number of hydrogen-bond donors (Lipinski definition) is 2. The first-order valence-electron chi connectivity index (χ1n) is 9.83. The zero-order chi connectivity index (χ0) is 20.0. The minimum absolute atomic E-state index is 0.168. The Morgan fingerprint density at radius 3 is 2.62 bits per heavy atom. The first-order chi connectivity index (χ1) is 14.1. The Hall–Kier alpha value is -3.32. The molecule has 2 N–H and O–H groups in total. The third kappa shape index (κ3) is 3.13. The predicted octanol–water partition coefficient (Wildman–Crippen LogP) is 3.05. The third-order valence-corrected chi connectivity index (χ3v) is 5.47. The summed E-state index contributed by atoms with van der Waals surface area (Å²) in [5.74, 6) is 0.606. The monoisotopic (exact) mass is 386 g/mol. The van der Waals surface area contributed by atoms with E-state index in [1.807, 2.05) is 43.6 Å². The van der Waals surface area contributed by atoms with Crippen LogP contribution in [0.3, 0.4) is 0 Å². The highest BCUT2D eigenvalue weighted by molar-refractivity contribution is 5.85. The average molecular weight is 386 g/mol. The molecule has 1 aliphatic heterocycles. The fourth-order valence-corrected chi connectivity index (χ4v) is 3.72. The van der Waals surface area contributed by atoms with E-state index >= 15 is 0 Å². The number of benzene rings is 1. The maximum absolute atomic E-state index is 10.7. The number of nitrogens with zero attached hydrogens (tertiary/aromatic N) is 5. The summed E-state index contributed by atoms with van der Waals surface area (Å²) in [4.78, 5) is 4.77. The quantitative estimate of drug-likeness (QED) is 0.560. The number of hydrogen-bond acceptors (Lipinski definition) is 6. The molecule has 0 atom stereocenters. The molecule has 0 radical (unpaired) electrons. The maximum Gasteiger partial charge on any atom is 0.125 e. The summed E-state index contributed by atoms with van der Waals surface area (Å²) in [7, 11) is 1.91. The van der Waals surface area contributed by atoms with Gasteiger partial charge in [-0.05, 0) is 36.8 Å². The molecule has 0 spiro atoms. The van der Waals surface area contributed by atoms with Crippen molar-refractivity contribution < 1.29 is 5.11 Å². The summed E-state index contributed by atoms with van der Waals surface area (Å²) >= 11 is 0. The summed E-state index contributed by atoms with van der Waals surface area (Å²) < 4.78 is 1.80. The summed E-state index contributed by atoms with van der Waals surface area (Å²) in [6, 6.07) is 11.5. The molecule has 1 aromatic carbocycles. The Kier molecular flexibility index (Phi) is 4.24. The lowest BCUT2D eigenvalue weighted by atomic mass is 9.98. The number of phenolic OH excluding ortho intramolecular Hbond substituents is 1. The van der Waals surface area contributed by atoms with E-state index in [2.05, 4.69) is 27.5 Å². The van der Waals surface area contributed by atoms with Gasteiger partial charge < -0.3 is 10.4 Å². The van der Waals surface area contributed by atoms with Crippen molar-refractivity contribution in [3.8, 4) is 28.3 Å². The van der Waals surface area contributed by atoms with Crippen LogP contribution in [0.4, 0.5) is 0 Å². The minimum atomic E-state index is 0.168. The van der Waals surface area contributed by atoms with E-state index < -0.39 is 0 Å². The molecule has 7 nitrogen and oxygen atoms in total. The zero-order valence-corrected chi connectivity index (χ0v) is 16.4. The van der Waals surface area contributed by atoms with Crippen LogP contribution in [-0.4, -0.2) is 43.2 Å². The van der Waals surface area contributed by atoms with Crippen LogP contribution in [0.2, 0.25) is 0 Å². The number of aromatic nitrogens is 5. The molecule has 4 heterocycles. The normalized spacial score (nSPS) is 14.3. The molecule has 1 aliphatic rings. The molecule has 146 valence electrons. The largest absolute Gasteiger partial charge is 0.507 e. The number of nitrogens with one attached hydrogen (secondary N) is 1. The van der Waals surface area contributed by atoms with Gasteiger partial charge in [-0.3, -0.25) is 9.67 Å². The van der Waals surface area contributed by atoms with Crippen LogP contribution in [0.15, 0.2) is 42.6 Å². The van der Waals surface area contributed by atoms with Crippen molar-refractivity contribution in [2.75, 3.05) is 13.1 Å². The number of rotatable bonds is 4. The topological polar surface area (TPSA) is 88.8 Å². The van der Waals surface area contributed by atoms with Gasteiger partial charge in [0.15, 0.2) is 0 Å². The minimum Gasteiger partial charge on any atom is -0.507 e. The predicted molar refractivity (Wildman–Crippen MR) is 112 cm³/mol. The molecule has 1 saturated heterocycles. The zero-order valence-electron chi connectivity index (χ0n) is 16.4. The SMILES string of the molecule is CCc1nc(-c2ccc(-c3ccc(C4CNC4)nn3)c(O)c2)cc2cn(C)nc12. The van der Waals surface area contributed by atoms with Gasteiger partial charge in [0.2, 0.25) is 0 Å². The Morgan fingerprint density at radius 1 is 1.10 bits per heavy atom. The van der Waals surface area contributed by atoms with Crippen molar-refractivity contribution in [3.05, 3.63) is 54.0 Å². The number of phenols is 1. The molecule has 4 aromatic rings. The van der Waals surface area contributed by atoms with Crippen molar-refractivity contribution in [1.29, 1.82) is 0 Å². The standard InChI is InChI=1S/C22H22N6O/c1-3-17-22-14(12-28(2)27-22)8-20(24-17)13-4-5-16(21(29)9-13)19-7-6-18(25-26-19)15-10-23-11-15/h4-9,12,15,23,29H,3,10-11H2,1-2H3. The lowest BCUT2D eigenvalue weighted by Gasteiger charge is -2.25. The first-order valence-corrected chi connectivity index (χ1v) is 9.83. The van der Waals surface area contributed by atoms with Gasteiger partial charge in [0.05, 0.1) is 22.8 Å². The van der Waals surface area contributed by atoms with Crippen LogP contribution in [0, 0.1) is 0 Å². The van der Waals surface area contributed by atoms with Gasteiger partial charge in [-0.2, -0.15) is 15.3 Å². The molecular formula is C22H22N6O. The summed E-state index contributed by atoms with van der Waals surface area (Å²) in [6.45, 7) is 3.97. The second kappa shape index (κ2) is 6.93. The van der Waals surface area contributed by atoms with Gasteiger partial charge in [0, 0.05) is 48.8 Å². The van der Waals surface area contributed by atoms with Crippen molar-refractivity contribution in [2.45, 2.75) is 19.3 Å².